The van der Waals surface area contributed by atoms with Gasteiger partial charge < -0.3 is 20.1 Å². The van der Waals surface area contributed by atoms with Crippen LogP contribution >= 0.6 is 0 Å². The molecule has 1 amide bonds. The van der Waals surface area contributed by atoms with Crippen LogP contribution in [0, 0.1) is 0 Å². The number of hydrogen-bond acceptors (Lipinski definition) is 6. The minimum atomic E-state index is -0.686. The van der Waals surface area contributed by atoms with Crippen molar-refractivity contribution in [3.8, 4) is 23.0 Å². The summed E-state index contributed by atoms with van der Waals surface area (Å²) in [5, 5.41) is 32.0. The van der Waals surface area contributed by atoms with Crippen LogP contribution in [0.5, 0.6) is 23.0 Å². The largest absolute Gasteiger partial charge is 0.504 e. The molecule has 3 aromatic carbocycles. The summed E-state index contributed by atoms with van der Waals surface area (Å²) in [6, 6.07) is 19.0. The van der Waals surface area contributed by atoms with Crippen molar-refractivity contribution in [2.24, 2.45) is 5.10 Å². The van der Waals surface area contributed by atoms with Gasteiger partial charge in [0.15, 0.2) is 17.2 Å². The van der Waals surface area contributed by atoms with Crippen molar-refractivity contribution in [3.63, 3.8) is 0 Å². The average Bonchev–Trinajstić information content (AvgIpc) is 2.71. The molecule has 0 aliphatic carbocycles. The summed E-state index contributed by atoms with van der Waals surface area (Å²) in [5.41, 5.74) is 4.04. The fourth-order valence-electron chi connectivity index (χ4n) is 2.36. The van der Waals surface area contributed by atoms with Gasteiger partial charge in [0.25, 0.3) is 5.91 Å². The third-order valence-electron chi connectivity index (χ3n) is 3.84. The number of nitrogens with one attached hydrogen (secondary N) is 1. The molecule has 7 heteroatoms. The Morgan fingerprint density at radius 1 is 0.964 bits per heavy atom. The quantitative estimate of drug-likeness (QED) is 0.299. The van der Waals surface area contributed by atoms with Gasteiger partial charge in [-0.15, -0.1) is 0 Å². The molecular formula is C21H18N2O5. The molecule has 7 nitrogen and oxygen atoms in total. The Balaban J connectivity index is 1.55. The van der Waals surface area contributed by atoms with E-state index >= 15 is 0 Å². The van der Waals surface area contributed by atoms with E-state index in [9.17, 15) is 20.1 Å². The van der Waals surface area contributed by atoms with Crippen LogP contribution in [0.4, 0.5) is 0 Å². The van der Waals surface area contributed by atoms with Gasteiger partial charge in [0, 0.05) is 5.56 Å². The fraction of sp³-hybridized carbons (Fsp3) is 0.0476. The van der Waals surface area contributed by atoms with Gasteiger partial charge in [-0.1, -0.05) is 30.3 Å². The van der Waals surface area contributed by atoms with Crippen LogP contribution in [0.15, 0.2) is 71.8 Å². The number of phenols is 3. The molecular weight excluding hydrogens is 360 g/mol. The van der Waals surface area contributed by atoms with Crippen molar-refractivity contribution in [2.75, 3.05) is 0 Å². The highest BCUT2D eigenvalue weighted by Crippen LogP contribution is 2.35. The second kappa shape index (κ2) is 8.59. The monoisotopic (exact) mass is 378 g/mol. The number of hydrazone groups is 1. The van der Waals surface area contributed by atoms with Gasteiger partial charge in [0.05, 0.1) is 6.21 Å². The van der Waals surface area contributed by atoms with E-state index in [1.54, 1.807) is 24.3 Å². The first kappa shape index (κ1) is 18.8. The first-order chi connectivity index (χ1) is 13.5. The van der Waals surface area contributed by atoms with E-state index in [2.05, 4.69) is 10.5 Å². The molecule has 0 saturated carbocycles. The lowest BCUT2D eigenvalue weighted by molar-refractivity contribution is 0.0954. The first-order valence-electron chi connectivity index (χ1n) is 8.38. The number of rotatable bonds is 6. The number of nitrogens with zero attached hydrogens (tertiary/aromatic N) is 1. The summed E-state index contributed by atoms with van der Waals surface area (Å²) >= 11 is 0. The number of benzene rings is 3. The van der Waals surface area contributed by atoms with Crippen LogP contribution in [-0.4, -0.2) is 27.4 Å². The molecule has 0 aliphatic heterocycles. The van der Waals surface area contributed by atoms with Crippen molar-refractivity contribution in [1.82, 2.24) is 5.43 Å². The van der Waals surface area contributed by atoms with Crippen LogP contribution in [0.1, 0.15) is 21.5 Å². The van der Waals surface area contributed by atoms with Gasteiger partial charge in [-0.3, -0.25) is 4.79 Å². The third-order valence-corrected chi connectivity index (χ3v) is 3.84. The molecule has 0 heterocycles. The highest BCUT2D eigenvalue weighted by Gasteiger charge is 2.12. The Labute approximate surface area is 161 Å². The van der Waals surface area contributed by atoms with Crippen LogP contribution in [-0.2, 0) is 6.61 Å². The number of phenolic OH excluding ortho intramolecular Hbond substituents is 3. The Kier molecular flexibility index (Phi) is 5.76. The summed E-state index contributed by atoms with van der Waals surface area (Å²) in [7, 11) is 0. The molecule has 0 saturated heterocycles. The van der Waals surface area contributed by atoms with Crippen molar-refractivity contribution in [3.05, 3.63) is 83.4 Å². The number of carbonyl (C=O) groups is 1. The van der Waals surface area contributed by atoms with E-state index in [0.29, 0.717) is 12.4 Å². The Bertz CT molecular complexity index is 962. The smallest absolute Gasteiger partial charge is 0.271 e. The van der Waals surface area contributed by atoms with Crippen LogP contribution in [0.3, 0.4) is 0 Å². The van der Waals surface area contributed by atoms with Gasteiger partial charge in [-0.05, 0) is 47.5 Å². The maximum Gasteiger partial charge on any atom is 0.271 e. The molecule has 0 unspecified atom stereocenters. The predicted octanol–water partition coefficient (Wildman–Crippen LogP) is 3.15. The fourth-order valence-corrected chi connectivity index (χ4v) is 2.36. The van der Waals surface area contributed by atoms with Gasteiger partial charge in [0.2, 0.25) is 0 Å². The van der Waals surface area contributed by atoms with E-state index in [1.165, 1.54) is 6.21 Å². The van der Waals surface area contributed by atoms with Crippen molar-refractivity contribution >= 4 is 12.1 Å². The van der Waals surface area contributed by atoms with Crippen molar-refractivity contribution in [1.29, 1.82) is 0 Å². The second-order valence-corrected chi connectivity index (χ2v) is 5.91. The Morgan fingerprint density at radius 2 is 1.61 bits per heavy atom. The Hall–Kier alpha value is -4.00. The zero-order valence-electron chi connectivity index (χ0n) is 14.7. The van der Waals surface area contributed by atoms with E-state index in [-0.39, 0.29) is 5.56 Å². The molecule has 0 aromatic heterocycles. The molecule has 0 bridgehead atoms. The van der Waals surface area contributed by atoms with E-state index in [0.717, 1.165) is 23.3 Å². The topological polar surface area (TPSA) is 111 Å². The zero-order chi connectivity index (χ0) is 19.9. The lowest BCUT2D eigenvalue weighted by atomic mass is 10.2. The summed E-state index contributed by atoms with van der Waals surface area (Å²) in [4.78, 5) is 12.0. The number of aromatic hydroxyl groups is 3. The summed E-state index contributed by atoms with van der Waals surface area (Å²) in [5.74, 6) is -1.82. The summed E-state index contributed by atoms with van der Waals surface area (Å²) in [6.45, 7) is 0.469. The Morgan fingerprint density at radius 3 is 2.25 bits per heavy atom. The molecule has 3 rings (SSSR count). The second-order valence-electron chi connectivity index (χ2n) is 5.91. The lowest BCUT2D eigenvalue weighted by Crippen LogP contribution is -2.17. The molecule has 0 atom stereocenters. The van der Waals surface area contributed by atoms with Gasteiger partial charge >= 0.3 is 0 Å². The van der Waals surface area contributed by atoms with Crippen LogP contribution in [0.25, 0.3) is 0 Å². The normalized spacial score (nSPS) is 10.7. The average molecular weight is 378 g/mol. The predicted molar refractivity (Wildman–Crippen MR) is 104 cm³/mol. The highest BCUT2D eigenvalue weighted by atomic mass is 16.5. The van der Waals surface area contributed by atoms with Gasteiger partial charge in [-0.2, -0.15) is 5.10 Å². The zero-order valence-corrected chi connectivity index (χ0v) is 14.7. The minimum Gasteiger partial charge on any atom is -0.504 e. The van der Waals surface area contributed by atoms with Crippen LogP contribution in [0.2, 0.25) is 0 Å². The molecule has 4 N–H and O–H groups in total. The maximum atomic E-state index is 12.0. The third kappa shape index (κ3) is 4.79. The maximum absolute atomic E-state index is 12.0. The van der Waals surface area contributed by atoms with Gasteiger partial charge in [-0.25, -0.2) is 5.43 Å². The SMILES string of the molecule is O=C(NN=Cc1ccc(OCc2ccccc2)cc1)c1cc(O)c(O)c(O)c1. The highest BCUT2D eigenvalue weighted by molar-refractivity contribution is 5.96. The summed E-state index contributed by atoms with van der Waals surface area (Å²) in [6.07, 6.45) is 1.44. The number of ether oxygens (including phenoxy) is 1. The van der Waals surface area contributed by atoms with E-state index in [1.807, 2.05) is 30.3 Å². The minimum absolute atomic E-state index is 0.0467. The number of hydrogen-bond donors (Lipinski definition) is 4. The van der Waals surface area contributed by atoms with Gasteiger partial charge in [0.1, 0.15) is 12.4 Å². The van der Waals surface area contributed by atoms with Crippen molar-refractivity contribution in [2.45, 2.75) is 6.61 Å². The number of amides is 1. The molecule has 3 aromatic rings. The molecule has 0 fully saturated rings. The lowest BCUT2D eigenvalue weighted by Gasteiger charge is -2.06. The van der Waals surface area contributed by atoms with E-state index in [4.69, 9.17) is 4.74 Å². The standard InChI is InChI=1S/C21H18N2O5/c24-18-10-16(11-19(25)20(18)26)21(27)23-22-12-14-6-8-17(9-7-14)28-13-15-4-2-1-3-5-15/h1-12,24-26H,13H2,(H,23,27). The molecule has 0 radical (unpaired) electrons. The molecule has 0 aliphatic rings. The summed E-state index contributed by atoms with van der Waals surface area (Å²) < 4.78 is 5.70. The van der Waals surface area contributed by atoms with E-state index < -0.39 is 23.2 Å². The first-order valence-corrected chi connectivity index (χ1v) is 8.38. The van der Waals surface area contributed by atoms with Crippen LogP contribution < -0.4 is 10.2 Å². The molecule has 142 valence electrons. The number of carbonyl (C=O) groups excluding carboxylic acids is 1. The molecule has 28 heavy (non-hydrogen) atoms. The molecule has 0 spiro atoms. The van der Waals surface area contributed by atoms with Crippen molar-refractivity contribution < 1.29 is 24.9 Å².